The fraction of sp³-hybridized carbons (Fsp3) is 0.500. The number of hydrogen-bond acceptors (Lipinski definition) is 4. The maximum Gasteiger partial charge on any atom is 0.246 e. The summed E-state index contributed by atoms with van der Waals surface area (Å²) in [6, 6.07) is 8.32. The van der Waals surface area contributed by atoms with Gasteiger partial charge < -0.3 is 9.84 Å². The number of hydrogen-bond donors (Lipinski definition) is 1. The molecule has 108 valence electrons. The van der Waals surface area contributed by atoms with Gasteiger partial charge in [-0.3, -0.25) is 0 Å². The predicted octanol–water partition coefficient (Wildman–Crippen LogP) is 3.70. The van der Waals surface area contributed by atoms with Crippen LogP contribution in [0.5, 0.6) is 0 Å². The van der Waals surface area contributed by atoms with Gasteiger partial charge >= 0.3 is 0 Å². The fourth-order valence-electron chi connectivity index (χ4n) is 2.13. The van der Waals surface area contributed by atoms with Crippen LogP contribution in [0, 0.1) is 0 Å². The standard InChI is InChI=1S/C16H23N3O/c1-6-17-16(4,5)15-18-14(19-20-15)13-9-7-12(8-10-13)11(2)3/h7-11,17H,6H2,1-5H3. The Balaban J connectivity index is 2.24. The molecule has 0 radical (unpaired) electrons. The van der Waals surface area contributed by atoms with Crippen LogP contribution in [0.15, 0.2) is 28.8 Å². The van der Waals surface area contributed by atoms with Gasteiger partial charge in [0.05, 0.1) is 5.54 Å². The summed E-state index contributed by atoms with van der Waals surface area (Å²) in [4.78, 5) is 4.51. The lowest BCUT2D eigenvalue weighted by Gasteiger charge is -2.20. The third-order valence-corrected chi connectivity index (χ3v) is 3.41. The molecular weight excluding hydrogens is 250 g/mol. The molecule has 0 atom stereocenters. The van der Waals surface area contributed by atoms with Crippen molar-refractivity contribution in [1.82, 2.24) is 15.5 Å². The van der Waals surface area contributed by atoms with Crippen molar-refractivity contribution in [2.75, 3.05) is 6.54 Å². The Morgan fingerprint density at radius 3 is 2.40 bits per heavy atom. The summed E-state index contributed by atoms with van der Waals surface area (Å²) in [5.74, 6) is 1.78. The van der Waals surface area contributed by atoms with Crippen LogP contribution in [-0.2, 0) is 5.54 Å². The van der Waals surface area contributed by atoms with Crippen molar-refractivity contribution in [2.24, 2.45) is 0 Å². The van der Waals surface area contributed by atoms with Crippen LogP contribution in [0.25, 0.3) is 11.4 Å². The lowest BCUT2D eigenvalue weighted by atomic mass is 10.0. The summed E-state index contributed by atoms with van der Waals surface area (Å²) in [6.07, 6.45) is 0. The van der Waals surface area contributed by atoms with Crippen LogP contribution in [0.2, 0.25) is 0 Å². The van der Waals surface area contributed by atoms with Crippen molar-refractivity contribution in [2.45, 2.75) is 46.1 Å². The third kappa shape index (κ3) is 3.07. The van der Waals surface area contributed by atoms with Crippen molar-refractivity contribution >= 4 is 0 Å². The van der Waals surface area contributed by atoms with Crippen molar-refractivity contribution in [3.05, 3.63) is 35.7 Å². The van der Waals surface area contributed by atoms with Crippen LogP contribution >= 0.6 is 0 Å². The Hall–Kier alpha value is -1.68. The molecule has 1 heterocycles. The van der Waals surface area contributed by atoms with E-state index in [1.54, 1.807) is 0 Å². The minimum atomic E-state index is -0.308. The lowest BCUT2D eigenvalue weighted by molar-refractivity contribution is 0.272. The second-order valence-corrected chi connectivity index (χ2v) is 5.86. The molecule has 0 spiro atoms. The normalized spacial score (nSPS) is 12.1. The lowest BCUT2D eigenvalue weighted by Crippen LogP contribution is -2.36. The van der Waals surface area contributed by atoms with E-state index in [4.69, 9.17) is 4.52 Å². The first-order valence-electron chi connectivity index (χ1n) is 7.13. The molecule has 2 rings (SSSR count). The monoisotopic (exact) mass is 273 g/mol. The van der Waals surface area contributed by atoms with Crippen molar-refractivity contribution < 1.29 is 4.52 Å². The SMILES string of the molecule is CCNC(C)(C)c1nc(-c2ccc(C(C)C)cc2)no1. The summed E-state index contributed by atoms with van der Waals surface area (Å²) in [5, 5.41) is 7.41. The van der Waals surface area contributed by atoms with E-state index in [1.165, 1.54) is 5.56 Å². The molecule has 2 aromatic rings. The molecular formula is C16H23N3O. The number of aromatic nitrogens is 2. The Labute approximate surface area is 120 Å². The number of rotatable bonds is 5. The largest absolute Gasteiger partial charge is 0.337 e. The Bertz CT molecular complexity index is 555. The molecule has 0 aliphatic carbocycles. The summed E-state index contributed by atoms with van der Waals surface area (Å²) in [5.41, 5.74) is 1.99. The van der Waals surface area contributed by atoms with Gasteiger partial charge in [-0.05, 0) is 31.9 Å². The molecule has 4 nitrogen and oxygen atoms in total. The first-order chi connectivity index (χ1) is 9.44. The molecule has 20 heavy (non-hydrogen) atoms. The zero-order valence-corrected chi connectivity index (χ0v) is 12.9. The van der Waals surface area contributed by atoms with Crippen molar-refractivity contribution in [1.29, 1.82) is 0 Å². The molecule has 1 N–H and O–H groups in total. The highest BCUT2D eigenvalue weighted by Gasteiger charge is 2.26. The third-order valence-electron chi connectivity index (χ3n) is 3.41. The molecule has 0 saturated heterocycles. The average molecular weight is 273 g/mol. The van der Waals surface area contributed by atoms with Gasteiger partial charge in [-0.1, -0.05) is 50.2 Å². The number of benzene rings is 1. The highest BCUT2D eigenvalue weighted by molar-refractivity contribution is 5.54. The molecule has 0 saturated carbocycles. The van der Waals surface area contributed by atoms with Crippen LogP contribution in [0.3, 0.4) is 0 Å². The predicted molar refractivity (Wildman–Crippen MR) is 80.5 cm³/mol. The Morgan fingerprint density at radius 1 is 1.20 bits per heavy atom. The van der Waals surface area contributed by atoms with E-state index in [2.05, 4.69) is 48.4 Å². The zero-order valence-electron chi connectivity index (χ0n) is 12.9. The minimum absolute atomic E-state index is 0.308. The highest BCUT2D eigenvalue weighted by atomic mass is 16.5. The Kier molecular flexibility index (Phi) is 4.23. The smallest absolute Gasteiger partial charge is 0.246 e. The molecule has 0 unspecified atom stereocenters. The maximum absolute atomic E-state index is 5.39. The second kappa shape index (κ2) is 5.75. The quantitative estimate of drug-likeness (QED) is 0.902. The second-order valence-electron chi connectivity index (χ2n) is 5.86. The summed E-state index contributed by atoms with van der Waals surface area (Å²) < 4.78 is 5.39. The molecule has 1 aromatic carbocycles. The summed E-state index contributed by atoms with van der Waals surface area (Å²) in [7, 11) is 0. The Morgan fingerprint density at radius 2 is 1.85 bits per heavy atom. The van der Waals surface area contributed by atoms with Gasteiger partial charge in [-0.25, -0.2) is 0 Å². The van der Waals surface area contributed by atoms with Crippen LogP contribution in [0.4, 0.5) is 0 Å². The van der Waals surface area contributed by atoms with Crippen LogP contribution < -0.4 is 5.32 Å². The van der Waals surface area contributed by atoms with Crippen molar-refractivity contribution in [3.8, 4) is 11.4 Å². The molecule has 1 aromatic heterocycles. The average Bonchev–Trinajstić information content (AvgIpc) is 2.89. The first-order valence-corrected chi connectivity index (χ1v) is 7.13. The zero-order chi connectivity index (χ0) is 14.8. The molecule has 0 amide bonds. The molecule has 0 bridgehead atoms. The molecule has 4 heteroatoms. The minimum Gasteiger partial charge on any atom is -0.337 e. The van der Waals surface area contributed by atoms with E-state index >= 15 is 0 Å². The van der Waals surface area contributed by atoms with E-state index in [0.29, 0.717) is 17.6 Å². The maximum atomic E-state index is 5.39. The van der Waals surface area contributed by atoms with E-state index in [1.807, 2.05) is 26.0 Å². The van der Waals surface area contributed by atoms with Gasteiger partial charge in [0.25, 0.3) is 0 Å². The van der Waals surface area contributed by atoms with Crippen LogP contribution in [0.1, 0.15) is 52.0 Å². The fourth-order valence-corrected chi connectivity index (χ4v) is 2.13. The molecule has 0 aliphatic rings. The van der Waals surface area contributed by atoms with E-state index in [9.17, 15) is 0 Å². The van der Waals surface area contributed by atoms with Gasteiger partial charge in [0.2, 0.25) is 11.7 Å². The van der Waals surface area contributed by atoms with Gasteiger partial charge in [0.15, 0.2) is 0 Å². The number of nitrogens with zero attached hydrogens (tertiary/aromatic N) is 2. The topological polar surface area (TPSA) is 51.0 Å². The summed E-state index contributed by atoms with van der Waals surface area (Å²) >= 11 is 0. The highest BCUT2D eigenvalue weighted by Crippen LogP contribution is 2.24. The van der Waals surface area contributed by atoms with E-state index in [0.717, 1.165) is 12.1 Å². The van der Waals surface area contributed by atoms with Crippen LogP contribution in [-0.4, -0.2) is 16.7 Å². The summed E-state index contributed by atoms with van der Waals surface area (Å²) in [6.45, 7) is 11.4. The van der Waals surface area contributed by atoms with Gasteiger partial charge in [-0.2, -0.15) is 4.98 Å². The van der Waals surface area contributed by atoms with E-state index in [-0.39, 0.29) is 5.54 Å². The van der Waals surface area contributed by atoms with Gasteiger partial charge in [-0.15, -0.1) is 0 Å². The number of nitrogens with one attached hydrogen (secondary N) is 1. The first kappa shape index (κ1) is 14.7. The molecule has 0 fully saturated rings. The van der Waals surface area contributed by atoms with E-state index < -0.39 is 0 Å². The van der Waals surface area contributed by atoms with Gasteiger partial charge in [0.1, 0.15) is 0 Å². The van der Waals surface area contributed by atoms with Crippen molar-refractivity contribution in [3.63, 3.8) is 0 Å². The molecule has 0 aliphatic heterocycles. The van der Waals surface area contributed by atoms with Gasteiger partial charge in [0, 0.05) is 5.56 Å².